The van der Waals surface area contributed by atoms with Gasteiger partial charge < -0.3 is 5.32 Å². The first kappa shape index (κ1) is 12.2. The molecule has 1 N–H and O–H groups in total. The lowest BCUT2D eigenvalue weighted by Crippen LogP contribution is -2.22. The number of benzene rings is 1. The van der Waals surface area contributed by atoms with E-state index in [4.69, 9.17) is 0 Å². The topological polar surface area (TPSA) is 58.5 Å². The molecule has 0 saturated carbocycles. The van der Waals surface area contributed by atoms with Crippen molar-refractivity contribution in [2.75, 3.05) is 0 Å². The maximum atomic E-state index is 11.8. The number of isocyanates is 1. The standard InChI is InChI=1S/C13H10N2O2S/c16-9-15-11-5-3-10(4-6-11)13(17)14-8-12-2-1-7-18-12/h1-7H,8H2,(H,14,17). The Morgan fingerprint density at radius 1 is 1.28 bits per heavy atom. The number of aliphatic imine (C=N–C) groups is 1. The summed E-state index contributed by atoms with van der Waals surface area (Å²) in [4.78, 5) is 26.4. The third-order valence-corrected chi connectivity index (χ3v) is 3.18. The van der Waals surface area contributed by atoms with E-state index in [1.54, 1.807) is 35.6 Å². The van der Waals surface area contributed by atoms with Crippen molar-refractivity contribution in [2.45, 2.75) is 6.54 Å². The predicted molar refractivity (Wildman–Crippen MR) is 69.7 cm³/mol. The average molecular weight is 258 g/mol. The highest BCUT2D eigenvalue weighted by molar-refractivity contribution is 7.09. The number of nitrogens with one attached hydrogen (secondary N) is 1. The van der Waals surface area contributed by atoms with Crippen LogP contribution in [0.5, 0.6) is 0 Å². The maximum Gasteiger partial charge on any atom is 0.251 e. The van der Waals surface area contributed by atoms with Crippen LogP contribution in [0.4, 0.5) is 5.69 Å². The van der Waals surface area contributed by atoms with Crippen molar-refractivity contribution < 1.29 is 9.59 Å². The van der Waals surface area contributed by atoms with Crippen molar-refractivity contribution in [3.05, 3.63) is 52.2 Å². The van der Waals surface area contributed by atoms with E-state index in [-0.39, 0.29) is 5.91 Å². The van der Waals surface area contributed by atoms with Crippen LogP contribution >= 0.6 is 11.3 Å². The van der Waals surface area contributed by atoms with Gasteiger partial charge in [0.05, 0.1) is 12.2 Å². The Balaban J connectivity index is 1.98. The van der Waals surface area contributed by atoms with Gasteiger partial charge >= 0.3 is 0 Å². The van der Waals surface area contributed by atoms with E-state index >= 15 is 0 Å². The molecule has 0 spiro atoms. The highest BCUT2D eigenvalue weighted by atomic mass is 32.1. The van der Waals surface area contributed by atoms with Gasteiger partial charge in [-0.2, -0.15) is 4.99 Å². The third-order valence-electron chi connectivity index (χ3n) is 2.31. The van der Waals surface area contributed by atoms with Gasteiger partial charge in [-0.3, -0.25) is 4.79 Å². The van der Waals surface area contributed by atoms with E-state index < -0.39 is 0 Å². The molecule has 0 aliphatic carbocycles. The highest BCUT2D eigenvalue weighted by Gasteiger charge is 2.05. The van der Waals surface area contributed by atoms with Crippen molar-refractivity contribution in [3.63, 3.8) is 0 Å². The molecule has 90 valence electrons. The summed E-state index contributed by atoms with van der Waals surface area (Å²) in [5.74, 6) is -0.148. The van der Waals surface area contributed by atoms with E-state index in [1.165, 1.54) is 6.08 Å². The molecule has 0 unspecified atom stereocenters. The zero-order valence-corrected chi connectivity index (χ0v) is 10.2. The molecule has 1 aromatic heterocycles. The van der Waals surface area contributed by atoms with Crippen molar-refractivity contribution >= 4 is 29.0 Å². The zero-order valence-electron chi connectivity index (χ0n) is 9.42. The van der Waals surface area contributed by atoms with Crippen LogP contribution in [0.2, 0.25) is 0 Å². The molecule has 1 aromatic carbocycles. The molecule has 0 radical (unpaired) electrons. The van der Waals surface area contributed by atoms with E-state index in [1.807, 2.05) is 17.5 Å². The summed E-state index contributed by atoms with van der Waals surface area (Å²) in [6.07, 6.45) is 1.45. The van der Waals surface area contributed by atoms with Crippen LogP contribution in [-0.2, 0) is 11.3 Å². The number of carbonyl (C=O) groups excluding carboxylic acids is 2. The number of rotatable bonds is 4. The van der Waals surface area contributed by atoms with Crippen molar-refractivity contribution in [2.24, 2.45) is 4.99 Å². The van der Waals surface area contributed by atoms with Crippen LogP contribution in [-0.4, -0.2) is 12.0 Å². The SMILES string of the molecule is O=C=Nc1ccc(C(=O)NCc2cccs2)cc1. The molecule has 0 bridgehead atoms. The monoisotopic (exact) mass is 258 g/mol. The molecule has 4 nitrogen and oxygen atoms in total. The predicted octanol–water partition coefficient (Wildman–Crippen LogP) is 2.65. The van der Waals surface area contributed by atoms with Crippen molar-refractivity contribution in [1.29, 1.82) is 0 Å². The molecule has 0 aliphatic rings. The average Bonchev–Trinajstić information content (AvgIpc) is 2.90. The number of hydrogen-bond donors (Lipinski definition) is 1. The Labute approximate surface area is 108 Å². The van der Waals surface area contributed by atoms with Crippen LogP contribution in [0, 0.1) is 0 Å². The first-order chi connectivity index (χ1) is 8.79. The van der Waals surface area contributed by atoms with Gasteiger partial charge in [-0.1, -0.05) is 6.07 Å². The normalized spacial score (nSPS) is 9.56. The van der Waals surface area contributed by atoms with Gasteiger partial charge in [0.2, 0.25) is 6.08 Å². The summed E-state index contributed by atoms with van der Waals surface area (Å²) in [6, 6.07) is 10.4. The lowest BCUT2D eigenvalue weighted by atomic mass is 10.2. The highest BCUT2D eigenvalue weighted by Crippen LogP contribution is 2.12. The van der Waals surface area contributed by atoms with E-state index in [0.29, 0.717) is 17.8 Å². The second-order valence-electron chi connectivity index (χ2n) is 3.51. The number of thiophene rings is 1. The fraction of sp³-hybridized carbons (Fsp3) is 0.0769. The fourth-order valence-corrected chi connectivity index (χ4v) is 2.07. The summed E-state index contributed by atoms with van der Waals surface area (Å²) in [5.41, 5.74) is 1.02. The quantitative estimate of drug-likeness (QED) is 0.677. The van der Waals surface area contributed by atoms with Crippen LogP contribution in [0.3, 0.4) is 0 Å². The van der Waals surface area contributed by atoms with Gasteiger partial charge in [0.1, 0.15) is 0 Å². The molecular formula is C13H10N2O2S. The van der Waals surface area contributed by atoms with Gasteiger partial charge in [-0.15, -0.1) is 11.3 Å². The Bertz CT molecular complexity index is 570. The summed E-state index contributed by atoms with van der Waals surface area (Å²) < 4.78 is 0. The molecule has 1 heterocycles. The van der Waals surface area contributed by atoms with Crippen LogP contribution in [0.25, 0.3) is 0 Å². The van der Waals surface area contributed by atoms with E-state index in [2.05, 4.69) is 10.3 Å². The molecule has 0 aliphatic heterocycles. The smallest absolute Gasteiger partial charge is 0.251 e. The molecule has 0 fully saturated rings. The van der Waals surface area contributed by atoms with E-state index in [0.717, 1.165) is 4.88 Å². The minimum absolute atomic E-state index is 0.148. The first-order valence-electron chi connectivity index (χ1n) is 5.28. The Morgan fingerprint density at radius 2 is 2.06 bits per heavy atom. The van der Waals surface area contributed by atoms with Crippen LogP contribution in [0.1, 0.15) is 15.2 Å². The van der Waals surface area contributed by atoms with E-state index in [9.17, 15) is 9.59 Å². The first-order valence-corrected chi connectivity index (χ1v) is 6.16. The minimum Gasteiger partial charge on any atom is -0.347 e. The van der Waals surface area contributed by atoms with Gasteiger partial charge in [0, 0.05) is 10.4 Å². The molecule has 2 aromatic rings. The molecular weight excluding hydrogens is 248 g/mol. The lowest BCUT2D eigenvalue weighted by Gasteiger charge is -2.03. The molecule has 5 heteroatoms. The van der Waals surface area contributed by atoms with Crippen LogP contribution in [0.15, 0.2) is 46.8 Å². The van der Waals surface area contributed by atoms with Crippen molar-refractivity contribution in [3.8, 4) is 0 Å². The molecule has 0 saturated heterocycles. The summed E-state index contributed by atoms with van der Waals surface area (Å²) >= 11 is 1.60. The number of carbonyl (C=O) groups is 1. The summed E-state index contributed by atoms with van der Waals surface area (Å²) in [7, 11) is 0. The molecule has 0 atom stereocenters. The van der Waals surface area contributed by atoms with Crippen molar-refractivity contribution in [1.82, 2.24) is 5.32 Å². The largest absolute Gasteiger partial charge is 0.347 e. The zero-order chi connectivity index (χ0) is 12.8. The van der Waals surface area contributed by atoms with Gasteiger partial charge in [-0.25, -0.2) is 4.79 Å². The second-order valence-corrected chi connectivity index (χ2v) is 4.54. The fourth-order valence-electron chi connectivity index (χ4n) is 1.42. The van der Waals surface area contributed by atoms with Gasteiger partial charge in [-0.05, 0) is 35.7 Å². The van der Waals surface area contributed by atoms with Crippen LogP contribution < -0.4 is 5.32 Å². The Morgan fingerprint density at radius 3 is 2.67 bits per heavy atom. The third kappa shape index (κ3) is 3.13. The van der Waals surface area contributed by atoms with Gasteiger partial charge in [0.15, 0.2) is 0 Å². The second kappa shape index (κ2) is 5.91. The Kier molecular flexibility index (Phi) is 4.02. The summed E-state index contributed by atoms with van der Waals surface area (Å²) in [6.45, 7) is 0.519. The molecule has 18 heavy (non-hydrogen) atoms. The summed E-state index contributed by atoms with van der Waals surface area (Å²) in [5, 5.41) is 4.78. The number of amides is 1. The molecule has 1 amide bonds. The lowest BCUT2D eigenvalue weighted by molar-refractivity contribution is 0.0951. The number of hydrogen-bond acceptors (Lipinski definition) is 4. The number of nitrogens with zero attached hydrogens (tertiary/aromatic N) is 1. The Hall–Kier alpha value is -2.23. The minimum atomic E-state index is -0.148. The molecule has 2 rings (SSSR count). The van der Waals surface area contributed by atoms with Gasteiger partial charge in [0.25, 0.3) is 5.91 Å². The maximum absolute atomic E-state index is 11.8.